The van der Waals surface area contributed by atoms with Gasteiger partial charge in [0, 0.05) is 6.04 Å². The molecule has 4 rings (SSSR count). The number of carboxylic acids is 1. The van der Waals surface area contributed by atoms with Crippen molar-refractivity contribution in [2.24, 2.45) is 11.8 Å². The number of fused-ring (bicyclic) bond motifs is 1. The maximum atomic E-state index is 11.3. The van der Waals surface area contributed by atoms with Gasteiger partial charge in [-0.05, 0) is 79.8 Å². The molecule has 2 atom stereocenters. The fourth-order valence-electron chi connectivity index (χ4n) is 4.47. The number of hydrogen-bond donors (Lipinski definition) is 1. The van der Waals surface area contributed by atoms with E-state index in [-0.39, 0.29) is 12.6 Å². The predicted molar refractivity (Wildman–Crippen MR) is 110 cm³/mol. The first-order valence-corrected chi connectivity index (χ1v) is 10.3. The van der Waals surface area contributed by atoms with Crippen LogP contribution in [0.25, 0.3) is 0 Å². The lowest BCUT2D eigenvalue weighted by atomic mass is 9.77. The molecule has 2 unspecified atom stereocenters. The first-order chi connectivity index (χ1) is 13.6. The Hall–Kier alpha value is -2.33. The highest BCUT2D eigenvalue weighted by Crippen LogP contribution is 2.38. The standard InChI is InChI=1S/C24H29NO3/c1-25(15-23(26)27)24(18-5-3-2-4-6-18)21-10-9-20-14-22(12-11-19(20)13-21)28-16-17-7-8-17/h2-6,11-12,14,17,21,24H,7-10,13,15-16H2,1H3,(H,26,27). The van der Waals surface area contributed by atoms with Gasteiger partial charge < -0.3 is 9.84 Å². The van der Waals surface area contributed by atoms with Gasteiger partial charge in [0.1, 0.15) is 5.75 Å². The van der Waals surface area contributed by atoms with Gasteiger partial charge in [-0.1, -0.05) is 36.4 Å². The van der Waals surface area contributed by atoms with Gasteiger partial charge in [0.25, 0.3) is 0 Å². The van der Waals surface area contributed by atoms with E-state index in [0.29, 0.717) is 5.92 Å². The Balaban J connectivity index is 1.51. The van der Waals surface area contributed by atoms with Gasteiger partial charge in [-0.2, -0.15) is 0 Å². The molecule has 1 fully saturated rings. The number of carboxylic acid groups (broad SMARTS) is 1. The highest BCUT2D eigenvalue weighted by atomic mass is 16.5. The Labute approximate surface area is 167 Å². The lowest BCUT2D eigenvalue weighted by Crippen LogP contribution is -2.36. The first kappa shape index (κ1) is 19.0. The van der Waals surface area contributed by atoms with Crippen molar-refractivity contribution in [2.75, 3.05) is 20.2 Å². The van der Waals surface area contributed by atoms with E-state index in [0.717, 1.165) is 37.5 Å². The fourth-order valence-corrected chi connectivity index (χ4v) is 4.47. The molecular formula is C24H29NO3. The molecule has 0 radical (unpaired) electrons. The Morgan fingerprint density at radius 1 is 1.14 bits per heavy atom. The van der Waals surface area contributed by atoms with Crippen molar-refractivity contribution in [1.29, 1.82) is 0 Å². The molecular weight excluding hydrogens is 350 g/mol. The summed E-state index contributed by atoms with van der Waals surface area (Å²) in [4.78, 5) is 13.3. The van der Waals surface area contributed by atoms with Crippen LogP contribution in [0.15, 0.2) is 48.5 Å². The van der Waals surface area contributed by atoms with Gasteiger partial charge in [-0.15, -0.1) is 0 Å². The van der Waals surface area contributed by atoms with Crippen molar-refractivity contribution >= 4 is 5.97 Å². The zero-order valence-corrected chi connectivity index (χ0v) is 16.5. The number of aliphatic carboxylic acids is 1. The Kier molecular flexibility index (Phi) is 5.67. The molecule has 1 saturated carbocycles. The van der Waals surface area contributed by atoms with E-state index in [9.17, 15) is 9.90 Å². The van der Waals surface area contributed by atoms with Gasteiger partial charge in [0.05, 0.1) is 13.2 Å². The summed E-state index contributed by atoms with van der Waals surface area (Å²) in [6, 6.07) is 17.0. The van der Waals surface area contributed by atoms with Gasteiger partial charge in [0.15, 0.2) is 0 Å². The maximum Gasteiger partial charge on any atom is 0.317 e. The van der Waals surface area contributed by atoms with E-state index in [4.69, 9.17) is 4.74 Å². The maximum absolute atomic E-state index is 11.3. The molecule has 2 aromatic carbocycles. The van der Waals surface area contributed by atoms with Crippen LogP contribution in [-0.2, 0) is 17.6 Å². The molecule has 4 nitrogen and oxygen atoms in total. The SMILES string of the molecule is CN(CC(=O)O)C(c1ccccc1)C1CCc2cc(OCC3CC3)ccc2C1. The number of ether oxygens (including phenoxy) is 1. The second-order valence-electron chi connectivity index (χ2n) is 8.35. The van der Waals surface area contributed by atoms with Crippen molar-refractivity contribution in [3.8, 4) is 5.75 Å². The van der Waals surface area contributed by atoms with Crippen LogP contribution < -0.4 is 4.74 Å². The summed E-state index contributed by atoms with van der Waals surface area (Å²) >= 11 is 0. The Morgan fingerprint density at radius 2 is 1.93 bits per heavy atom. The quantitative estimate of drug-likeness (QED) is 0.741. The molecule has 28 heavy (non-hydrogen) atoms. The van der Waals surface area contributed by atoms with E-state index < -0.39 is 5.97 Å². The monoisotopic (exact) mass is 379 g/mol. The molecule has 0 heterocycles. The van der Waals surface area contributed by atoms with Crippen molar-refractivity contribution in [3.63, 3.8) is 0 Å². The number of nitrogens with zero attached hydrogens (tertiary/aromatic N) is 1. The van der Waals surface area contributed by atoms with E-state index in [2.05, 4.69) is 30.3 Å². The molecule has 0 aromatic heterocycles. The number of hydrogen-bond acceptors (Lipinski definition) is 3. The Bertz CT molecular complexity index is 816. The summed E-state index contributed by atoms with van der Waals surface area (Å²) in [5.41, 5.74) is 3.96. The summed E-state index contributed by atoms with van der Waals surface area (Å²) in [6.45, 7) is 0.897. The van der Waals surface area contributed by atoms with Crippen molar-refractivity contribution in [3.05, 3.63) is 65.2 Å². The van der Waals surface area contributed by atoms with Crippen LogP contribution in [0.2, 0.25) is 0 Å². The zero-order valence-electron chi connectivity index (χ0n) is 16.5. The molecule has 4 heteroatoms. The summed E-state index contributed by atoms with van der Waals surface area (Å²) in [7, 11) is 1.93. The summed E-state index contributed by atoms with van der Waals surface area (Å²) in [5, 5.41) is 9.30. The molecule has 2 aliphatic rings. The second kappa shape index (κ2) is 8.36. The van der Waals surface area contributed by atoms with E-state index in [1.165, 1.54) is 29.5 Å². The molecule has 0 amide bonds. The largest absolute Gasteiger partial charge is 0.493 e. The third-order valence-corrected chi connectivity index (χ3v) is 6.07. The topological polar surface area (TPSA) is 49.8 Å². The van der Waals surface area contributed by atoms with Crippen molar-refractivity contribution in [1.82, 2.24) is 4.90 Å². The van der Waals surface area contributed by atoms with Crippen LogP contribution in [0.5, 0.6) is 5.75 Å². The summed E-state index contributed by atoms with van der Waals surface area (Å²) < 4.78 is 5.95. The molecule has 1 N–H and O–H groups in total. The number of carbonyl (C=O) groups is 1. The Morgan fingerprint density at radius 3 is 2.64 bits per heavy atom. The number of likely N-dealkylation sites (N-methyl/N-ethyl adjacent to an activating group) is 1. The molecule has 0 saturated heterocycles. The minimum absolute atomic E-state index is 0.0524. The van der Waals surface area contributed by atoms with Crippen LogP contribution in [0.3, 0.4) is 0 Å². The van der Waals surface area contributed by atoms with Crippen LogP contribution >= 0.6 is 0 Å². The normalized spacial score (nSPS) is 19.9. The lowest BCUT2D eigenvalue weighted by Gasteiger charge is -2.37. The average molecular weight is 380 g/mol. The first-order valence-electron chi connectivity index (χ1n) is 10.3. The minimum atomic E-state index is -0.780. The average Bonchev–Trinajstić information content (AvgIpc) is 3.51. The fraction of sp³-hybridized carbons (Fsp3) is 0.458. The van der Waals surface area contributed by atoms with Gasteiger partial charge in [-0.25, -0.2) is 0 Å². The molecule has 2 aromatic rings. The van der Waals surface area contributed by atoms with Crippen LogP contribution in [0.1, 0.15) is 42.0 Å². The minimum Gasteiger partial charge on any atom is -0.493 e. The number of benzene rings is 2. The highest BCUT2D eigenvalue weighted by molar-refractivity contribution is 5.69. The van der Waals surface area contributed by atoms with Crippen LogP contribution in [0, 0.1) is 11.8 Å². The van der Waals surface area contributed by atoms with Crippen LogP contribution in [0.4, 0.5) is 0 Å². The molecule has 0 aliphatic heterocycles. The predicted octanol–water partition coefficient (Wildman–Crippen LogP) is 4.34. The molecule has 0 spiro atoms. The third kappa shape index (κ3) is 4.56. The number of rotatable bonds is 8. The van der Waals surface area contributed by atoms with E-state index in [1.54, 1.807) is 0 Å². The lowest BCUT2D eigenvalue weighted by molar-refractivity contribution is -0.138. The molecule has 0 bridgehead atoms. The van der Waals surface area contributed by atoms with Crippen LogP contribution in [-0.4, -0.2) is 36.2 Å². The zero-order chi connectivity index (χ0) is 19.5. The van der Waals surface area contributed by atoms with E-state index >= 15 is 0 Å². The van der Waals surface area contributed by atoms with Crippen molar-refractivity contribution in [2.45, 2.75) is 38.1 Å². The third-order valence-electron chi connectivity index (χ3n) is 6.07. The van der Waals surface area contributed by atoms with Crippen molar-refractivity contribution < 1.29 is 14.6 Å². The van der Waals surface area contributed by atoms with E-state index in [1.807, 2.05) is 30.1 Å². The summed E-state index contributed by atoms with van der Waals surface area (Å²) in [6.07, 6.45) is 5.66. The van der Waals surface area contributed by atoms with Gasteiger partial charge in [0.2, 0.25) is 0 Å². The summed E-state index contributed by atoms with van der Waals surface area (Å²) in [5.74, 6) is 1.37. The second-order valence-corrected chi connectivity index (χ2v) is 8.35. The van der Waals surface area contributed by atoms with Gasteiger partial charge >= 0.3 is 5.97 Å². The molecule has 148 valence electrons. The van der Waals surface area contributed by atoms with Gasteiger partial charge in [-0.3, -0.25) is 9.69 Å². The molecule has 2 aliphatic carbocycles. The highest BCUT2D eigenvalue weighted by Gasteiger charge is 2.31. The smallest absolute Gasteiger partial charge is 0.317 e. The number of aryl methyl sites for hydroxylation is 1.